The molecule has 0 bridgehead atoms. The second kappa shape index (κ2) is 5.85. The molecule has 116 valence electrons. The number of rotatable bonds is 5. The highest BCUT2D eigenvalue weighted by Crippen LogP contribution is 2.30. The lowest BCUT2D eigenvalue weighted by atomic mass is 10.2. The van der Waals surface area contributed by atoms with Gasteiger partial charge in [0, 0.05) is 31.7 Å². The predicted octanol–water partition coefficient (Wildman–Crippen LogP) is 2.91. The monoisotopic (exact) mass is 300 g/mol. The summed E-state index contributed by atoms with van der Waals surface area (Å²) in [5.74, 6) is -0.174. The van der Waals surface area contributed by atoms with Crippen LogP contribution >= 0.6 is 0 Å². The molecule has 1 N–H and O–H groups in total. The van der Waals surface area contributed by atoms with Crippen LogP contribution in [0.4, 0.5) is 13.2 Å². The van der Waals surface area contributed by atoms with Crippen LogP contribution in [0.5, 0.6) is 5.75 Å². The van der Waals surface area contributed by atoms with Crippen molar-refractivity contribution in [1.82, 2.24) is 10.2 Å². The van der Waals surface area contributed by atoms with Gasteiger partial charge in [-0.1, -0.05) is 12.1 Å². The first-order chi connectivity index (χ1) is 9.99. The fourth-order valence-corrected chi connectivity index (χ4v) is 2.80. The van der Waals surface area contributed by atoms with Gasteiger partial charge in [0.15, 0.2) is 0 Å². The highest BCUT2D eigenvalue weighted by Gasteiger charge is 2.34. The molecular formula is C15H19F3N2O. The van der Waals surface area contributed by atoms with Crippen LogP contribution < -0.4 is 10.1 Å². The molecule has 1 heterocycles. The minimum Gasteiger partial charge on any atom is -0.406 e. The molecule has 0 amide bonds. The lowest BCUT2D eigenvalue weighted by Crippen LogP contribution is -2.32. The zero-order valence-corrected chi connectivity index (χ0v) is 11.7. The van der Waals surface area contributed by atoms with Gasteiger partial charge in [0.1, 0.15) is 5.75 Å². The first kappa shape index (κ1) is 14.7. The Morgan fingerprint density at radius 2 is 1.86 bits per heavy atom. The van der Waals surface area contributed by atoms with E-state index in [1.165, 1.54) is 25.0 Å². The molecule has 1 aliphatic carbocycles. The van der Waals surface area contributed by atoms with Gasteiger partial charge >= 0.3 is 6.36 Å². The van der Waals surface area contributed by atoms with Crippen LogP contribution in [0.3, 0.4) is 0 Å². The van der Waals surface area contributed by atoms with Crippen molar-refractivity contribution in [3.63, 3.8) is 0 Å². The molecule has 6 heteroatoms. The van der Waals surface area contributed by atoms with E-state index in [-0.39, 0.29) is 5.75 Å². The van der Waals surface area contributed by atoms with E-state index in [0.717, 1.165) is 31.1 Å². The number of benzene rings is 1. The molecule has 1 atom stereocenters. The van der Waals surface area contributed by atoms with E-state index in [1.54, 1.807) is 12.1 Å². The Kier molecular flexibility index (Phi) is 4.08. The van der Waals surface area contributed by atoms with Crippen LogP contribution in [-0.2, 0) is 6.54 Å². The van der Waals surface area contributed by atoms with Crippen molar-refractivity contribution in [2.45, 2.75) is 44.3 Å². The Labute approximate surface area is 122 Å². The van der Waals surface area contributed by atoms with Crippen LogP contribution in [0.25, 0.3) is 0 Å². The Morgan fingerprint density at radius 1 is 1.14 bits per heavy atom. The Morgan fingerprint density at radius 3 is 2.48 bits per heavy atom. The van der Waals surface area contributed by atoms with E-state index in [2.05, 4.69) is 15.0 Å². The quantitative estimate of drug-likeness (QED) is 0.905. The fourth-order valence-electron chi connectivity index (χ4n) is 2.80. The normalized spacial score (nSPS) is 23.5. The number of halogens is 3. The Hall–Kier alpha value is -1.27. The minimum absolute atomic E-state index is 0.174. The summed E-state index contributed by atoms with van der Waals surface area (Å²) in [6, 6.07) is 7.33. The summed E-state index contributed by atoms with van der Waals surface area (Å²) in [7, 11) is 0. The van der Waals surface area contributed by atoms with E-state index in [4.69, 9.17) is 0 Å². The molecule has 0 radical (unpaired) electrons. The highest BCUT2D eigenvalue weighted by atomic mass is 19.4. The molecule has 1 aliphatic heterocycles. The molecule has 3 rings (SSSR count). The summed E-state index contributed by atoms with van der Waals surface area (Å²) in [5, 5.41) is 3.47. The maximum atomic E-state index is 12.1. The highest BCUT2D eigenvalue weighted by molar-refractivity contribution is 5.27. The minimum atomic E-state index is -4.63. The zero-order chi connectivity index (χ0) is 14.9. The molecule has 2 fully saturated rings. The smallest absolute Gasteiger partial charge is 0.406 e. The van der Waals surface area contributed by atoms with Crippen molar-refractivity contribution < 1.29 is 17.9 Å². The first-order valence-electron chi connectivity index (χ1n) is 7.32. The van der Waals surface area contributed by atoms with Crippen molar-refractivity contribution in [3.8, 4) is 5.75 Å². The first-order valence-corrected chi connectivity index (χ1v) is 7.32. The maximum Gasteiger partial charge on any atom is 0.573 e. The third-order valence-corrected chi connectivity index (χ3v) is 4.03. The SMILES string of the molecule is FC(F)(F)Oc1ccc(CNC2CCN(C3CC3)C2)cc1. The van der Waals surface area contributed by atoms with Gasteiger partial charge in [-0.2, -0.15) is 0 Å². The third kappa shape index (κ3) is 4.35. The maximum absolute atomic E-state index is 12.1. The van der Waals surface area contributed by atoms with E-state index in [0.29, 0.717) is 12.6 Å². The van der Waals surface area contributed by atoms with Gasteiger partial charge in [-0.25, -0.2) is 0 Å². The number of nitrogens with one attached hydrogen (secondary N) is 1. The summed E-state index contributed by atoms with van der Waals surface area (Å²) >= 11 is 0. The van der Waals surface area contributed by atoms with Gasteiger partial charge in [0.2, 0.25) is 0 Å². The van der Waals surface area contributed by atoms with Gasteiger partial charge in [-0.3, -0.25) is 4.90 Å². The molecule has 0 spiro atoms. The van der Waals surface area contributed by atoms with Gasteiger partial charge in [-0.15, -0.1) is 13.2 Å². The summed E-state index contributed by atoms with van der Waals surface area (Å²) in [6.07, 6.45) is -0.831. The van der Waals surface area contributed by atoms with Gasteiger partial charge < -0.3 is 10.1 Å². The number of nitrogens with zero attached hydrogens (tertiary/aromatic N) is 1. The average Bonchev–Trinajstić information content (AvgIpc) is 3.16. The number of likely N-dealkylation sites (tertiary alicyclic amines) is 1. The summed E-state index contributed by atoms with van der Waals surface area (Å²) in [5.41, 5.74) is 0.967. The topological polar surface area (TPSA) is 24.5 Å². The molecular weight excluding hydrogens is 281 g/mol. The number of alkyl halides is 3. The van der Waals surface area contributed by atoms with Crippen LogP contribution in [0.15, 0.2) is 24.3 Å². The summed E-state index contributed by atoms with van der Waals surface area (Å²) in [6.45, 7) is 2.91. The van der Waals surface area contributed by atoms with Crippen molar-refractivity contribution in [2.75, 3.05) is 13.1 Å². The molecule has 2 aliphatic rings. The van der Waals surface area contributed by atoms with E-state index >= 15 is 0 Å². The molecule has 1 aromatic carbocycles. The summed E-state index contributed by atoms with van der Waals surface area (Å²) in [4.78, 5) is 2.53. The van der Waals surface area contributed by atoms with Gasteiger partial charge in [0.25, 0.3) is 0 Å². The van der Waals surface area contributed by atoms with Crippen molar-refractivity contribution in [3.05, 3.63) is 29.8 Å². The fraction of sp³-hybridized carbons (Fsp3) is 0.600. The van der Waals surface area contributed by atoms with Crippen LogP contribution in [-0.4, -0.2) is 36.4 Å². The number of ether oxygens (including phenoxy) is 1. The lowest BCUT2D eigenvalue weighted by molar-refractivity contribution is -0.274. The van der Waals surface area contributed by atoms with Gasteiger partial charge in [-0.05, 0) is 37.0 Å². The van der Waals surface area contributed by atoms with Crippen molar-refractivity contribution in [2.24, 2.45) is 0 Å². The molecule has 0 aromatic heterocycles. The van der Waals surface area contributed by atoms with E-state index < -0.39 is 6.36 Å². The largest absolute Gasteiger partial charge is 0.573 e. The second-order valence-electron chi connectivity index (χ2n) is 5.78. The second-order valence-corrected chi connectivity index (χ2v) is 5.78. The Bertz CT molecular complexity index is 471. The van der Waals surface area contributed by atoms with Crippen LogP contribution in [0.2, 0.25) is 0 Å². The third-order valence-electron chi connectivity index (χ3n) is 4.03. The molecule has 3 nitrogen and oxygen atoms in total. The van der Waals surface area contributed by atoms with Crippen LogP contribution in [0, 0.1) is 0 Å². The van der Waals surface area contributed by atoms with Gasteiger partial charge in [0.05, 0.1) is 0 Å². The standard InChI is InChI=1S/C15H19F3N2O/c16-15(17,18)21-14-5-1-11(2-6-14)9-19-12-7-8-20(10-12)13-3-4-13/h1-2,5-6,12-13,19H,3-4,7-10H2. The zero-order valence-electron chi connectivity index (χ0n) is 11.7. The Balaban J connectivity index is 1.45. The summed E-state index contributed by atoms with van der Waals surface area (Å²) < 4.78 is 40.0. The molecule has 1 aromatic rings. The van der Waals surface area contributed by atoms with E-state index in [1.807, 2.05) is 0 Å². The predicted molar refractivity (Wildman–Crippen MR) is 73.0 cm³/mol. The number of hydrogen-bond donors (Lipinski definition) is 1. The number of hydrogen-bond acceptors (Lipinski definition) is 3. The average molecular weight is 300 g/mol. The molecule has 21 heavy (non-hydrogen) atoms. The van der Waals surface area contributed by atoms with Crippen LogP contribution in [0.1, 0.15) is 24.8 Å². The van der Waals surface area contributed by atoms with Crippen molar-refractivity contribution >= 4 is 0 Å². The van der Waals surface area contributed by atoms with Crippen molar-refractivity contribution in [1.29, 1.82) is 0 Å². The molecule has 1 unspecified atom stereocenters. The molecule has 1 saturated heterocycles. The van der Waals surface area contributed by atoms with E-state index in [9.17, 15) is 13.2 Å². The molecule has 1 saturated carbocycles. The lowest BCUT2D eigenvalue weighted by Gasteiger charge is -2.16.